The molecule has 0 saturated carbocycles. The van der Waals surface area contributed by atoms with E-state index < -0.39 is 0 Å². The SMILES string of the molecule is CCN1CCN(c2ccc3nc[nH]c3c2)C1=O. The lowest BCUT2D eigenvalue weighted by atomic mass is 10.2. The van der Waals surface area contributed by atoms with Gasteiger partial charge in [-0.1, -0.05) is 0 Å². The Hall–Kier alpha value is -2.04. The second kappa shape index (κ2) is 3.76. The first kappa shape index (κ1) is 10.1. The van der Waals surface area contributed by atoms with Gasteiger partial charge in [0.15, 0.2) is 0 Å². The Balaban J connectivity index is 1.96. The van der Waals surface area contributed by atoms with Gasteiger partial charge in [-0.25, -0.2) is 9.78 Å². The highest BCUT2D eigenvalue weighted by Crippen LogP contribution is 2.23. The van der Waals surface area contributed by atoms with Gasteiger partial charge in [0.05, 0.1) is 17.4 Å². The van der Waals surface area contributed by atoms with Crippen LogP contribution in [0.1, 0.15) is 6.92 Å². The highest BCUT2D eigenvalue weighted by atomic mass is 16.2. The standard InChI is InChI=1S/C12H14N4O/c1-2-15-5-6-16(12(15)17)9-3-4-10-11(7-9)14-8-13-10/h3-4,7-8H,2,5-6H2,1H3,(H,13,14). The number of nitrogens with zero attached hydrogens (tertiary/aromatic N) is 3. The molecular formula is C12H14N4O. The number of aromatic amines is 1. The number of amides is 2. The molecule has 1 saturated heterocycles. The fourth-order valence-corrected chi connectivity index (χ4v) is 2.21. The lowest BCUT2D eigenvalue weighted by Gasteiger charge is -2.17. The van der Waals surface area contributed by atoms with Gasteiger partial charge in [0.2, 0.25) is 0 Å². The first-order valence-corrected chi connectivity index (χ1v) is 5.79. The summed E-state index contributed by atoms with van der Waals surface area (Å²) in [5.74, 6) is 0. The minimum Gasteiger partial charge on any atom is -0.345 e. The van der Waals surface area contributed by atoms with Crippen LogP contribution in [0, 0.1) is 0 Å². The van der Waals surface area contributed by atoms with Crippen molar-refractivity contribution in [2.24, 2.45) is 0 Å². The summed E-state index contributed by atoms with van der Waals surface area (Å²) in [6.07, 6.45) is 1.67. The maximum Gasteiger partial charge on any atom is 0.324 e. The fourth-order valence-electron chi connectivity index (χ4n) is 2.21. The summed E-state index contributed by atoms with van der Waals surface area (Å²) in [4.78, 5) is 22.9. The summed E-state index contributed by atoms with van der Waals surface area (Å²) in [7, 11) is 0. The largest absolute Gasteiger partial charge is 0.345 e. The Kier molecular flexibility index (Phi) is 2.24. The van der Waals surface area contributed by atoms with E-state index in [-0.39, 0.29) is 6.03 Å². The third-order valence-electron chi connectivity index (χ3n) is 3.19. The van der Waals surface area contributed by atoms with Gasteiger partial charge in [-0.05, 0) is 25.1 Å². The smallest absolute Gasteiger partial charge is 0.324 e. The molecule has 17 heavy (non-hydrogen) atoms. The van der Waals surface area contributed by atoms with E-state index in [1.807, 2.05) is 34.9 Å². The molecule has 3 rings (SSSR count). The molecule has 2 aromatic rings. The van der Waals surface area contributed by atoms with Gasteiger partial charge in [0.25, 0.3) is 0 Å². The average Bonchev–Trinajstić information content (AvgIpc) is 2.94. The van der Waals surface area contributed by atoms with Crippen LogP contribution in [0.15, 0.2) is 24.5 Å². The number of carbonyl (C=O) groups is 1. The van der Waals surface area contributed by atoms with Gasteiger partial charge in [-0.15, -0.1) is 0 Å². The number of anilines is 1. The summed E-state index contributed by atoms with van der Waals surface area (Å²) in [6, 6.07) is 5.94. The number of fused-ring (bicyclic) bond motifs is 1. The number of rotatable bonds is 2. The van der Waals surface area contributed by atoms with Gasteiger partial charge in [-0.3, -0.25) is 4.90 Å². The molecular weight excluding hydrogens is 216 g/mol. The summed E-state index contributed by atoms with van der Waals surface area (Å²) in [5.41, 5.74) is 2.82. The highest BCUT2D eigenvalue weighted by Gasteiger charge is 2.28. The van der Waals surface area contributed by atoms with Crippen molar-refractivity contribution in [1.82, 2.24) is 14.9 Å². The van der Waals surface area contributed by atoms with Crippen LogP contribution in [0.5, 0.6) is 0 Å². The molecule has 1 aliphatic rings. The third-order valence-corrected chi connectivity index (χ3v) is 3.19. The zero-order valence-electron chi connectivity index (χ0n) is 9.68. The Morgan fingerprint density at radius 3 is 3.06 bits per heavy atom. The lowest BCUT2D eigenvalue weighted by Crippen LogP contribution is -2.31. The molecule has 5 heteroatoms. The molecule has 2 amide bonds. The Morgan fingerprint density at radius 1 is 1.41 bits per heavy atom. The normalized spacial score (nSPS) is 16.2. The molecule has 0 bridgehead atoms. The molecule has 0 unspecified atom stereocenters. The van der Waals surface area contributed by atoms with Crippen LogP contribution >= 0.6 is 0 Å². The van der Waals surface area contributed by atoms with E-state index in [2.05, 4.69) is 9.97 Å². The minimum absolute atomic E-state index is 0.0892. The van der Waals surface area contributed by atoms with Crippen LogP contribution in [0.2, 0.25) is 0 Å². The van der Waals surface area contributed by atoms with Crippen molar-refractivity contribution in [3.63, 3.8) is 0 Å². The number of hydrogen-bond donors (Lipinski definition) is 1. The molecule has 0 aliphatic carbocycles. The quantitative estimate of drug-likeness (QED) is 0.855. The number of hydrogen-bond acceptors (Lipinski definition) is 2. The molecule has 1 aromatic carbocycles. The fraction of sp³-hybridized carbons (Fsp3) is 0.333. The molecule has 1 aromatic heterocycles. The van der Waals surface area contributed by atoms with Crippen LogP contribution < -0.4 is 4.90 Å². The van der Waals surface area contributed by atoms with Crippen molar-refractivity contribution >= 4 is 22.8 Å². The van der Waals surface area contributed by atoms with Crippen molar-refractivity contribution in [1.29, 1.82) is 0 Å². The number of likely N-dealkylation sites (N-methyl/N-ethyl adjacent to an activating group) is 1. The maximum atomic E-state index is 12.0. The highest BCUT2D eigenvalue weighted by molar-refractivity contribution is 5.96. The van der Waals surface area contributed by atoms with Crippen molar-refractivity contribution in [2.45, 2.75) is 6.92 Å². The first-order chi connectivity index (χ1) is 8.29. The Morgan fingerprint density at radius 2 is 2.29 bits per heavy atom. The minimum atomic E-state index is 0.0892. The number of carbonyl (C=O) groups excluding carboxylic acids is 1. The zero-order valence-corrected chi connectivity index (χ0v) is 9.68. The topological polar surface area (TPSA) is 52.2 Å². The number of H-pyrrole nitrogens is 1. The van der Waals surface area contributed by atoms with Crippen LogP contribution in [0.25, 0.3) is 11.0 Å². The average molecular weight is 230 g/mol. The molecule has 1 N–H and O–H groups in total. The lowest BCUT2D eigenvalue weighted by molar-refractivity contribution is 0.223. The summed E-state index contributed by atoms with van der Waals surface area (Å²) in [6.45, 7) is 4.32. The van der Waals surface area contributed by atoms with Gasteiger partial charge < -0.3 is 9.88 Å². The second-order valence-electron chi connectivity index (χ2n) is 4.12. The van der Waals surface area contributed by atoms with E-state index in [0.29, 0.717) is 0 Å². The molecule has 5 nitrogen and oxygen atoms in total. The second-order valence-corrected chi connectivity index (χ2v) is 4.12. The summed E-state index contributed by atoms with van der Waals surface area (Å²) < 4.78 is 0. The number of nitrogens with one attached hydrogen (secondary N) is 1. The van der Waals surface area contributed by atoms with Crippen molar-refractivity contribution in [3.05, 3.63) is 24.5 Å². The maximum absolute atomic E-state index is 12.0. The van der Waals surface area contributed by atoms with Gasteiger partial charge in [-0.2, -0.15) is 0 Å². The molecule has 1 fully saturated rings. The number of benzene rings is 1. The van der Waals surface area contributed by atoms with Crippen molar-refractivity contribution in [2.75, 3.05) is 24.5 Å². The number of imidazole rings is 1. The van der Waals surface area contributed by atoms with E-state index in [9.17, 15) is 4.79 Å². The monoisotopic (exact) mass is 230 g/mol. The molecule has 0 atom stereocenters. The van der Waals surface area contributed by atoms with Gasteiger partial charge in [0, 0.05) is 25.3 Å². The predicted octanol–water partition coefficient (Wildman–Crippen LogP) is 1.82. The van der Waals surface area contributed by atoms with E-state index in [1.165, 1.54) is 0 Å². The van der Waals surface area contributed by atoms with E-state index in [0.717, 1.165) is 36.4 Å². The third kappa shape index (κ3) is 1.54. The van der Waals surface area contributed by atoms with Gasteiger partial charge >= 0.3 is 6.03 Å². The van der Waals surface area contributed by atoms with Crippen molar-refractivity contribution in [3.8, 4) is 0 Å². The van der Waals surface area contributed by atoms with Crippen LogP contribution in [0.4, 0.5) is 10.5 Å². The number of aromatic nitrogens is 2. The molecule has 1 aliphatic heterocycles. The van der Waals surface area contributed by atoms with E-state index in [4.69, 9.17) is 0 Å². The molecule has 2 heterocycles. The van der Waals surface area contributed by atoms with Crippen LogP contribution in [-0.4, -0.2) is 40.5 Å². The van der Waals surface area contributed by atoms with Crippen molar-refractivity contribution < 1.29 is 4.79 Å². The summed E-state index contributed by atoms with van der Waals surface area (Å²) in [5, 5.41) is 0. The van der Waals surface area contributed by atoms with Crippen LogP contribution in [-0.2, 0) is 0 Å². The Bertz CT molecular complexity index is 562. The van der Waals surface area contributed by atoms with Gasteiger partial charge in [0.1, 0.15) is 0 Å². The molecule has 0 radical (unpaired) electrons. The zero-order chi connectivity index (χ0) is 11.8. The predicted molar refractivity (Wildman–Crippen MR) is 66.1 cm³/mol. The molecule has 88 valence electrons. The summed E-state index contributed by atoms with van der Waals surface area (Å²) >= 11 is 0. The first-order valence-electron chi connectivity index (χ1n) is 5.79. The molecule has 0 spiro atoms. The van der Waals surface area contributed by atoms with Crippen LogP contribution in [0.3, 0.4) is 0 Å². The van der Waals surface area contributed by atoms with E-state index in [1.54, 1.807) is 6.33 Å². The Labute approximate surface area is 99.0 Å². The number of urea groups is 1. The van der Waals surface area contributed by atoms with E-state index >= 15 is 0 Å².